The molecule has 0 bridgehead atoms. The summed E-state index contributed by atoms with van der Waals surface area (Å²) in [5.41, 5.74) is 3.99. The van der Waals surface area contributed by atoms with Crippen LogP contribution in [0, 0.1) is 13.8 Å². The van der Waals surface area contributed by atoms with Gasteiger partial charge in [-0.2, -0.15) is 0 Å². The molecule has 2 aliphatic heterocycles. The highest BCUT2D eigenvalue weighted by Crippen LogP contribution is 2.37. The molecule has 0 aliphatic carbocycles. The van der Waals surface area contributed by atoms with Crippen molar-refractivity contribution in [2.24, 2.45) is 0 Å². The lowest BCUT2D eigenvalue weighted by Gasteiger charge is -2.32. The average molecular weight is 292 g/mol. The number of aryl methyl sites for hydroxylation is 2. The minimum Gasteiger partial charge on any atom is -0.362 e. The number of hydrogen-bond acceptors (Lipinski definition) is 3. The van der Waals surface area contributed by atoms with Gasteiger partial charge in [-0.05, 0) is 38.5 Å². The third-order valence-electron chi connectivity index (χ3n) is 4.64. The first-order valence-corrected chi connectivity index (χ1v) is 7.74. The van der Waals surface area contributed by atoms with E-state index in [0.29, 0.717) is 12.1 Å². The predicted octanol–water partition coefficient (Wildman–Crippen LogP) is 3.25. The van der Waals surface area contributed by atoms with Crippen molar-refractivity contribution in [1.82, 2.24) is 19.7 Å². The maximum atomic E-state index is 4.24. The molecule has 2 aromatic rings. The van der Waals surface area contributed by atoms with E-state index < -0.39 is 0 Å². The Labute approximate surface area is 130 Å². The molecular formula is C18H20N4. The molecule has 0 N–H and O–H groups in total. The van der Waals surface area contributed by atoms with Crippen molar-refractivity contribution in [3.05, 3.63) is 64.9 Å². The highest BCUT2D eigenvalue weighted by atomic mass is 15.3. The van der Waals surface area contributed by atoms with Gasteiger partial charge < -0.3 is 9.47 Å². The standard InChI is InChI=1S/C18H20N4/c1-12-5-4-6-15(9-12)11-21-13(2)10-17-16(21)7-8-18-20-19-14(3)22(17)18/h4-10,16-17H,11H2,1-3H3. The number of benzene rings is 1. The normalized spacial score (nSPS) is 22.5. The Morgan fingerprint density at radius 3 is 2.77 bits per heavy atom. The zero-order chi connectivity index (χ0) is 15.3. The van der Waals surface area contributed by atoms with Crippen molar-refractivity contribution in [3.63, 3.8) is 0 Å². The zero-order valence-corrected chi connectivity index (χ0v) is 13.2. The highest BCUT2D eigenvalue weighted by Gasteiger charge is 2.36. The molecule has 4 nitrogen and oxygen atoms in total. The largest absolute Gasteiger partial charge is 0.362 e. The number of hydrogen-bond donors (Lipinski definition) is 0. The van der Waals surface area contributed by atoms with Crippen molar-refractivity contribution >= 4 is 6.08 Å². The van der Waals surface area contributed by atoms with E-state index in [2.05, 4.69) is 76.0 Å². The smallest absolute Gasteiger partial charge is 0.157 e. The molecule has 4 rings (SSSR count). The van der Waals surface area contributed by atoms with Crippen LogP contribution in [0.5, 0.6) is 0 Å². The van der Waals surface area contributed by atoms with Gasteiger partial charge >= 0.3 is 0 Å². The van der Waals surface area contributed by atoms with Gasteiger partial charge in [-0.15, -0.1) is 10.2 Å². The molecule has 2 unspecified atom stereocenters. The van der Waals surface area contributed by atoms with Gasteiger partial charge in [-0.25, -0.2) is 0 Å². The lowest BCUT2D eigenvalue weighted by Crippen LogP contribution is -2.35. The maximum absolute atomic E-state index is 4.24. The second kappa shape index (κ2) is 4.83. The first kappa shape index (κ1) is 13.3. The van der Waals surface area contributed by atoms with Crippen LogP contribution in [0.15, 0.2) is 42.1 Å². The van der Waals surface area contributed by atoms with Gasteiger partial charge in [0.25, 0.3) is 0 Å². The Balaban J connectivity index is 1.67. The van der Waals surface area contributed by atoms with E-state index in [1.807, 2.05) is 6.92 Å². The summed E-state index contributed by atoms with van der Waals surface area (Å²) in [7, 11) is 0. The first-order chi connectivity index (χ1) is 10.6. The molecule has 0 amide bonds. The van der Waals surface area contributed by atoms with Gasteiger partial charge in [-0.3, -0.25) is 0 Å². The molecule has 3 heterocycles. The van der Waals surface area contributed by atoms with Crippen LogP contribution in [0.1, 0.15) is 35.7 Å². The van der Waals surface area contributed by atoms with Crippen LogP contribution in [0.3, 0.4) is 0 Å². The van der Waals surface area contributed by atoms with Crippen LogP contribution in [-0.4, -0.2) is 25.7 Å². The van der Waals surface area contributed by atoms with Gasteiger partial charge in [0, 0.05) is 12.2 Å². The second-order valence-electron chi connectivity index (χ2n) is 6.24. The molecule has 0 spiro atoms. The Morgan fingerprint density at radius 1 is 1.09 bits per heavy atom. The lowest BCUT2D eigenvalue weighted by atomic mass is 10.0. The van der Waals surface area contributed by atoms with Crippen LogP contribution < -0.4 is 0 Å². The van der Waals surface area contributed by atoms with Gasteiger partial charge in [0.2, 0.25) is 0 Å². The van der Waals surface area contributed by atoms with E-state index in [-0.39, 0.29) is 0 Å². The number of aromatic nitrogens is 3. The molecule has 22 heavy (non-hydrogen) atoms. The van der Waals surface area contributed by atoms with Crippen molar-refractivity contribution in [1.29, 1.82) is 0 Å². The molecule has 0 radical (unpaired) electrons. The number of fused-ring (bicyclic) bond motifs is 3. The summed E-state index contributed by atoms with van der Waals surface area (Å²) in [6.45, 7) is 7.30. The second-order valence-corrected chi connectivity index (χ2v) is 6.24. The van der Waals surface area contributed by atoms with Crippen molar-refractivity contribution in [2.75, 3.05) is 0 Å². The Kier molecular flexibility index (Phi) is 2.93. The van der Waals surface area contributed by atoms with E-state index in [9.17, 15) is 0 Å². The minimum absolute atomic E-state index is 0.305. The Morgan fingerprint density at radius 2 is 1.95 bits per heavy atom. The summed E-state index contributed by atoms with van der Waals surface area (Å²) in [6, 6.07) is 9.41. The fraction of sp³-hybridized carbons (Fsp3) is 0.333. The van der Waals surface area contributed by atoms with Crippen LogP contribution in [0.2, 0.25) is 0 Å². The SMILES string of the molecule is CC1=CC2C(C=Cc3nnc(C)n32)N1Cc1cccc(C)c1. The first-order valence-electron chi connectivity index (χ1n) is 7.74. The van der Waals surface area contributed by atoms with E-state index in [0.717, 1.165) is 18.2 Å². The van der Waals surface area contributed by atoms with E-state index in [1.54, 1.807) is 0 Å². The summed E-state index contributed by atoms with van der Waals surface area (Å²) in [5.74, 6) is 1.94. The number of allylic oxidation sites excluding steroid dienone is 1. The lowest BCUT2D eigenvalue weighted by molar-refractivity contribution is 0.269. The molecule has 1 aromatic carbocycles. The van der Waals surface area contributed by atoms with E-state index in [4.69, 9.17) is 0 Å². The highest BCUT2D eigenvalue weighted by molar-refractivity contribution is 5.48. The summed E-state index contributed by atoms with van der Waals surface area (Å²) < 4.78 is 2.24. The van der Waals surface area contributed by atoms with Crippen LogP contribution >= 0.6 is 0 Å². The fourth-order valence-corrected chi connectivity index (χ4v) is 3.60. The molecule has 0 saturated heterocycles. The molecule has 4 heteroatoms. The predicted molar refractivity (Wildman–Crippen MR) is 87.1 cm³/mol. The zero-order valence-electron chi connectivity index (χ0n) is 13.2. The summed E-state index contributed by atoms with van der Waals surface area (Å²) >= 11 is 0. The molecule has 2 aliphatic rings. The number of rotatable bonds is 2. The van der Waals surface area contributed by atoms with Crippen LogP contribution in [0.4, 0.5) is 0 Å². The number of nitrogens with zero attached hydrogens (tertiary/aromatic N) is 4. The van der Waals surface area contributed by atoms with E-state index >= 15 is 0 Å². The van der Waals surface area contributed by atoms with Crippen LogP contribution in [-0.2, 0) is 6.54 Å². The van der Waals surface area contributed by atoms with Gasteiger partial charge in [0.05, 0.1) is 12.1 Å². The van der Waals surface area contributed by atoms with Crippen molar-refractivity contribution in [2.45, 2.75) is 39.4 Å². The summed E-state index contributed by atoms with van der Waals surface area (Å²) in [6.07, 6.45) is 6.69. The molecule has 0 saturated carbocycles. The van der Waals surface area contributed by atoms with Crippen molar-refractivity contribution < 1.29 is 0 Å². The molecule has 2 atom stereocenters. The van der Waals surface area contributed by atoms with Gasteiger partial charge in [0.1, 0.15) is 5.82 Å². The van der Waals surface area contributed by atoms with E-state index in [1.165, 1.54) is 16.8 Å². The molecule has 0 fully saturated rings. The monoisotopic (exact) mass is 292 g/mol. The van der Waals surface area contributed by atoms with Crippen LogP contribution in [0.25, 0.3) is 6.08 Å². The van der Waals surface area contributed by atoms with Gasteiger partial charge in [0.15, 0.2) is 5.82 Å². The van der Waals surface area contributed by atoms with Gasteiger partial charge in [-0.1, -0.05) is 35.9 Å². The fourth-order valence-electron chi connectivity index (χ4n) is 3.60. The quantitative estimate of drug-likeness (QED) is 0.852. The Bertz CT molecular complexity index is 784. The maximum Gasteiger partial charge on any atom is 0.157 e. The summed E-state index contributed by atoms with van der Waals surface area (Å²) in [4.78, 5) is 2.47. The minimum atomic E-state index is 0.305. The molecule has 1 aromatic heterocycles. The van der Waals surface area contributed by atoms with Crippen molar-refractivity contribution in [3.8, 4) is 0 Å². The summed E-state index contributed by atoms with van der Waals surface area (Å²) in [5, 5.41) is 8.46. The third kappa shape index (κ3) is 1.98. The molecule has 112 valence electrons. The average Bonchev–Trinajstić information content (AvgIpc) is 3.01. The molecular weight excluding hydrogens is 272 g/mol. The Hall–Kier alpha value is -2.36. The topological polar surface area (TPSA) is 34.0 Å². The third-order valence-corrected chi connectivity index (χ3v) is 4.64.